The molecule has 2 N–H and O–H groups in total. The maximum Gasteiger partial charge on any atom is 0.389 e. The lowest BCUT2D eigenvalue weighted by molar-refractivity contribution is -0.164. The van der Waals surface area contributed by atoms with E-state index in [4.69, 9.17) is 9.84 Å². The fraction of sp³-hybridized carbons (Fsp3) is 0.714. The fourth-order valence-corrected chi connectivity index (χ4v) is 2.83. The Morgan fingerprint density at radius 3 is 2.83 bits per heavy atom. The van der Waals surface area contributed by atoms with Crippen molar-refractivity contribution in [2.75, 3.05) is 13.7 Å². The molecule has 0 aliphatic rings. The molecule has 0 aliphatic heterocycles. The first-order valence-electron chi connectivity index (χ1n) is 7.24. The number of rotatable bonds is 11. The van der Waals surface area contributed by atoms with Crippen LogP contribution in [0.25, 0.3) is 0 Å². The summed E-state index contributed by atoms with van der Waals surface area (Å²) in [6, 6.07) is 0. The third-order valence-corrected chi connectivity index (χ3v) is 4.03. The monoisotopic (exact) mass is 354 g/mol. The van der Waals surface area contributed by atoms with E-state index in [2.05, 4.69) is 10.3 Å². The van der Waals surface area contributed by atoms with Crippen LogP contribution in [0.2, 0.25) is 0 Å². The van der Waals surface area contributed by atoms with E-state index in [-0.39, 0.29) is 6.42 Å². The van der Waals surface area contributed by atoms with Gasteiger partial charge in [0.2, 0.25) is 0 Å². The van der Waals surface area contributed by atoms with Gasteiger partial charge in [0, 0.05) is 19.0 Å². The molecule has 0 amide bonds. The van der Waals surface area contributed by atoms with Gasteiger partial charge in [-0.15, -0.1) is 11.3 Å². The van der Waals surface area contributed by atoms with Gasteiger partial charge >= 0.3 is 12.1 Å². The molecule has 1 aromatic heterocycles. The highest BCUT2D eigenvalue weighted by atomic mass is 32.1. The van der Waals surface area contributed by atoms with Crippen LogP contribution < -0.4 is 5.32 Å². The standard InChI is InChI=1S/C14H21F3N2O3S/c1-22-8-12-19-11(9-23-12)7-18-5-3-2-4-10(13(20)21)6-14(15,16)17/h9-10,18H,2-8H2,1H3,(H,20,21). The molecule has 0 bridgehead atoms. The zero-order valence-electron chi connectivity index (χ0n) is 12.9. The molecule has 1 aromatic rings. The molecule has 0 aliphatic carbocycles. The van der Waals surface area contributed by atoms with Crippen molar-refractivity contribution in [3.8, 4) is 0 Å². The highest BCUT2D eigenvalue weighted by Gasteiger charge is 2.34. The van der Waals surface area contributed by atoms with Gasteiger partial charge in [-0.1, -0.05) is 6.42 Å². The van der Waals surface area contributed by atoms with Crippen LogP contribution >= 0.6 is 11.3 Å². The number of hydrogen-bond donors (Lipinski definition) is 2. The number of alkyl halides is 3. The second-order valence-corrected chi connectivity index (χ2v) is 6.14. The number of aromatic nitrogens is 1. The highest BCUT2D eigenvalue weighted by molar-refractivity contribution is 7.09. The van der Waals surface area contributed by atoms with Gasteiger partial charge in [0.05, 0.1) is 24.6 Å². The Balaban J connectivity index is 2.17. The molecule has 0 spiro atoms. The van der Waals surface area contributed by atoms with E-state index in [1.807, 2.05) is 5.38 Å². The van der Waals surface area contributed by atoms with E-state index in [1.165, 1.54) is 11.3 Å². The van der Waals surface area contributed by atoms with Crippen molar-refractivity contribution >= 4 is 17.3 Å². The van der Waals surface area contributed by atoms with Crippen molar-refractivity contribution in [3.05, 3.63) is 16.1 Å². The second-order valence-electron chi connectivity index (χ2n) is 5.19. The van der Waals surface area contributed by atoms with Gasteiger partial charge in [-0.2, -0.15) is 13.2 Å². The molecule has 9 heteroatoms. The maximum absolute atomic E-state index is 12.3. The van der Waals surface area contributed by atoms with Crippen LogP contribution in [0.15, 0.2) is 5.38 Å². The van der Waals surface area contributed by atoms with Crippen molar-refractivity contribution in [1.82, 2.24) is 10.3 Å². The molecule has 0 radical (unpaired) electrons. The number of methoxy groups -OCH3 is 1. The molecule has 0 saturated carbocycles. The molecule has 0 saturated heterocycles. The highest BCUT2D eigenvalue weighted by Crippen LogP contribution is 2.27. The van der Waals surface area contributed by atoms with Crippen LogP contribution in [0.1, 0.15) is 36.4 Å². The van der Waals surface area contributed by atoms with Crippen LogP contribution in [0.3, 0.4) is 0 Å². The van der Waals surface area contributed by atoms with Crippen molar-refractivity contribution < 1.29 is 27.8 Å². The van der Waals surface area contributed by atoms with Gasteiger partial charge < -0.3 is 15.2 Å². The molecule has 5 nitrogen and oxygen atoms in total. The van der Waals surface area contributed by atoms with Gasteiger partial charge in [0.1, 0.15) is 5.01 Å². The quantitative estimate of drug-likeness (QED) is 0.597. The maximum atomic E-state index is 12.3. The fourth-order valence-electron chi connectivity index (χ4n) is 2.07. The Kier molecular flexibility index (Phi) is 8.49. The summed E-state index contributed by atoms with van der Waals surface area (Å²) >= 11 is 1.51. The number of thiazole rings is 1. The third-order valence-electron chi connectivity index (χ3n) is 3.16. The molecule has 0 fully saturated rings. The third kappa shape index (κ3) is 8.87. The first-order valence-corrected chi connectivity index (χ1v) is 8.12. The van der Waals surface area contributed by atoms with E-state index in [1.54, 1.807) is 7.11 Å². The SMILES string of the molecule is COCc1nc(CNCCCCC(CC(F)(F)F)C(=O)O)cs1. The zero-order chi connectivity index (χ0) is 17.3. The predicted octanol–water partition coefficient (Wildman–Crippen LogP) is 3.20. The second kappa shape index (κ2) is 9.84. The molecule has 1 unspecified atom stereocenters. The van der Waals surface area contributed by atoms with Crippen molar-refractivity contribution in [1.29, 1.82) is 0 Å². The van der Waals surface area contributed by atoms with E-state index in [0.717, 1.165) is 10.7 Å². The van der Waals surface area contributed by atoms with Crippen LogP contribution in [0, 0.1) is 5.92 Å². The summed E-state index contributed by atoms with van der Waals surface area (Å²) in [5, 5.41) is 14.8. The average Bonchev–Trinajstić information content (AvgIpc) is 2.88. The largest absolute Gasteiger partial charge is 0.481 e. The van der Waals surface area contributed by atoms with Gasteiger partial charge in [-0.05, 0) is 19.4 Å². The molecule has 132 valence electrons. The minimum atomic E-state index is -4.44. The number of nitrogens with zero attached hydrogens (tertiary/aromatic N) is 1. The zero-order valence-corrected chi connectivity index (χ0v) is 13.7. The van der Waals surface area contributed by atoms with E-state index in [9.17, 15) is 18.0 Å². The number of carboxylic acids is 1. The number of hydrogen-bond acceptors (Lipinski definition) is 5. The molecular weight excluding hydrogens is 333 g/mol. The summed E-state index contributed by atoms with van der Waals surface area (Å²) in [5.41, 5.74) is 0.891. The Bertz CT molecular complexity index is 480. The molecule has 23 heavy (non-hydrogen) atoms. The Morgan fingerprint density at radius 1 is 1.48 bits per heavy atom. The summed E-state index contributed by atoms with van der Waals surface area (Å²) in [4.78, 5) is 15.1. The smallest absolute Gasteiger partial charge is 0.389 e. The van der Waals surface area contributed by atoms with Crippen LogP contribution in [-0.2, 0) is 22.7 Å². The minimum absolute atomic E-state index is 0.0329. The summed E-state index contributed by atoms with van der Waals surface area (Å²) in [5.74, 6) is -2.74. The van der Waals surface area contributed by atoms with Gasteiger partial charge in [-0.25, -0.2) is 4.98 Å². The lowest BCUT2D eigenvalue weighted by Gasteiger charge is -2.14. The number of carbonyl (C=O) groups is 1. The molecule has 1 atom stereocenters. The van der Waals surface area contributed by atoms with Gasteiger partial charge in [0.25, 0.3) is 0 Å². The summed E-state index contributed by atoms with van der Waals surface area (Å²) in [6.07, 6.45) is -4.61. The van der Waals surface area contributed by atoms with Gasteiger partial charge in [0.15, 0.2) is 0 Å². The Hall–Kier alpha value is -1.19. The topological polar surface area (TPSA) is 71.5 Å². The summed E-state index contributed by atoms with van der Waals surface area (Å²) < 4.78 is 41.7. The van der Waals surface area contributed by atoms with Crippen molar-refractivity contribution in [2.45, 2.75) is 45.0 Å². The summed E-state index contributed by atoms with van der Waals surface area (Å²) in [6.45, 7) is 1.65. The lowest BCUT2D eigenvalue weighted by atomic mass is 9.98. The Labute approximate surface area is 136 Å². The van der Waals surface area contributed by atoms with Gasteiger partial charge in [-0.3, -0.25) is 4.79 Å². The number of aliphatic carboxylic acids is 1. The van der Waals surface area contributed by atoms with E-state index in [0.29, 0.717) is 32.5 Å². The molecule has 1 heterocycles. The number of nitrogens with one attached hydrogen (secondary N) is 1. The van der Waals surface area contributed by atoms with Crippen LogP contribution in [0.4, 0.5) is 13.2 Å². The lowest BCUT2D eigenvalue weighted by Crippen LogP contribution is -2.22. The Morgan fingerprint density at radius 2 is 2.22 bits per heavy atom. The van der Waals surface area contributed by atoms with Crippen LogP contribution in [0.5, 0.6) is 0 Å². The van der Waals surface area contributed by atoms with E-state index < -0.39 is 24.5 Å². The molecule has 1 rings (SSSR count). The first kappa shape index (κ1) is 19.9. The minimum Gasteiger partial charge on any atom is -0.481 e. The van der Waals surface area contributed by atoms with Crippen molar-refractivity contribution in [3.63, 3.8) is 0 Å². The number of unbranched alkanes of at least 4 members (excludes halogenated alkanes) is 1. The number of ether oxygens (including phenoxy) is 1. The number of carboxylic acid groups (broad SMARTS) is 1. The molecule has 0 aromatic carbocycles. The average molecular weight is 354 g/mol. The first-order chi connectivity index (χ1) is 10.8. The molecular formula is C14H21F3N2O3S. The summed E-state index contributed by atoms with van der Waals surface area (Å²) in [7, 11) is 1.60. The van der Waals surface area contributed by atoms with Crippen molar-refractivity contribution in [2.24, 2.45) is 5.92 Å². The van der Waals surface area contributed by atoms with Crippen LogP contribution in [-0.4, -0.2) is 35.9 Å². The van der Waals surface area contributed by atoms with E-state index >= 15 is 0 Å². The predicted molar refractivity (Wildman–Crippen MR) is 80.2 cm³/mol. The normalized spacial score (nSPS) is 13.2. The number of halogens is 3.